The Morgan fingerprint density at radius 2 is 2.25 bits per heavy atom. The molecule has 0 amide bonds. The molecule has 2 rings (SSSR count). The molecule has 0 radical (unpaired) electrons. The van der Waals surface area contributed by atoms with E-state index in [9.17, 15) is 4.39 Å². The minimum Gasteiger partial charge on any atom is -0.330 e. The highest BCUT2D eigenvalue weighted by molar-refractivity contribution is 6.30. The van der Waals surface area contributed by atoms with E-state index in [1.807, 2.05) is 0 Å². The summed E-state index contributed by atoms with van der Waals surface area (Å²) in [6, 6.07) is 4.46. The van der Waals surface area contributed by atoms with Gasteiger partial charge in [-0.1, -0.05) is 16.8 Å². The number of hydrogen-bond acceptors (Lipinski definition) is 3. The summed E-state index contributed by atoms with van der Waals surface area (Å²) < 4.78 is 14.7. The van der Waals surface area contributed by atoms with Gasteiger partial charge < -0.3 is 5.73 Å². The van der Waals surface area contributed by atoms with Gasteiger partial charge in [0.25, 0.3) is 0 Å². The first-order chi connectivity index (χ1) is 7.70. The van der Waals surface area contributed by atoms with Gasteiger partial charge in [-0.2, -0.15) is 0 Å². The maximum atomic E-state index is 13.2. The predicted molar refractivity (Wildman–Crippen MR) is 59.1 cm³/mol. The summed E-state index contributed by atoms with van der Waals surface area (Å²) in [4.78, 5) is 0. The number of benzene rings is 1. The first-order valence-electron chi connectivity index (χ1n) is 4.77. The summed E-state index contributed by atoms with van der Waals surface area (Å²) >= 11 is 5.59. The molecule has 1 aromatic carbocycles. The largest absolute Gasteiger partial charge is 0.330 e. The van der Waals surface area contributed by atoms with Gasteiger partial charge in [0.05, 0.1) is 22.6 Å². The van der Waals surface area contributed by atoms with E-state index in [1.165, 1.54) is 16.8 Å². The smallest absolute Gasteiger partial charge is 0.143 e. The summed E-state index contributed by atoms with van der Waals surface area (Å²) in [5.74, 6) is -0.477. The summed E-state index contributed by atoms with van der Waals surface area (Å²) in [5.41, 5.74) is 6.75. The number of nitrogens with two attached hydrogens (primary N) is 1. The minimum absolute atomic E-state index is 0.0889. The first kappa shape index (κ1) is 11.0. The fourth-order valence-electron chi connectivity index (χ4n) is 1.31. The zero-order valence-electron chi connectivity index (χ0n) is 8.40. The molecule has 4 nitrogen and oxygen atoms in total. The predicted octanol–water partition coefficient (Wildman–Crippen LogP) is 1.56. The van der Waals surface area contributed by atoms with Crippen molar-refractivity contribution in [1.82, 2.24) is 15.0 Å². The van der Waals surface area contributed by atoms with Crippen LogP contribution >= 0.6 is 11.6 Å². The Labute approximate surface area is 96.8 Å². The van der Waals surface area contributed by atoms with Crippen molar-refractivity contribution in [2.45, 2.75) is 6.42 Å². The Morgan fingerprint density at radius 1 is 1.44 bits per heavy atom. The van der Waals surface area contributed by atoms with Gasteiger partial charge in [0.2, 0.25) is 0 Å². The third kappa shape index (κ3) is 2.20. The zero-order chi connectivity index (χ0) is 11.5. The number of aromatic nitrogens is 3. The van der Waals surface area contributed by atoms with Crippen molar-refractivity contribution in [2.24, 2.45) is 5.73 Å². The molecule has 0 spiro atoms. The van der Waals surface area contributed by atoms with Crippen LogP contribution in [0, 0.1) is 5.82 Å². The molecule has 1 heterocycles. The van der Waals surface area contributed by atoms with Gasteiger partial charge in [-0.15, -0.1) is 5.10 Å². The van der Waals surface area contributed by atoms with Crippen LogP contribution in [0.3, 0.4) is 0 Å². The lowest BCUT2D eigenvalue weighted by atomic mass is 10.3. The molecule has 0 fully saturated rings. The topological polar surface area (TPSA) is 56.7 Å². The second-order valence-electron chi connectivity index (χ2n) is 3.29. The Hall–Kier alpha value is -1.46. The first-order valence-corrected chi connectivity index (χ1v) is 5.15. The molecule has 1 aromatic heterocycles. The van der Waals surface area contributed by atoms with Crippen LogP contribution in [0.4, 0.5) is 4.39 Å². The number of rotatable bonds is 3. The molecule has 16 heavy (non-hydrogen) atoms. The van der Waals surface area contributed by atoms with Crippen molar-refractivity contribution in [3.05, 3.63) is 40.9 Å². The van der Waals surface area contributed by atoms with Crippen LogP contribution in [-0.2, 0) is 6.42 Å². The van der Waals surface area contributed by atoms with E-state index >= 15 is 0 Å². The summed E-state index contributed by atoms with van der Waals surface area (Å²) in [7, 11) is 0. The van der Waals surface area contributed by atoms with Crippen molar-refractivity contribution >= 4 is 11.6 Å². The fourth-order valence-corrected chi connectivity index (χ4v) is 1.43. The monoisotopic (exact) mass is 240 g/mol. The lowest BCUT2D eigenvalue weighted by Crippen LogP contribution is -2.02. The van der Waals surface area contributed by atoms with E-state index in [0.717, 1.165) is 5.69 Å². The fraction of sp³-hybridized carbons (Fsp3) is 0.200. The van der Waals surface area contributed by atoms with Gasteiger partial charge in [-0.25, -0.2) is 9.07 Å². The van der Waals surface area contributed by atoms with E-state index in [0.29, 0.717) is 18.7 Å². The summed E-state index contributed by atoms with van der Waals surface area (Å²) in [5, 5.41) is 7.88. The molecular formula is C10H10ClFN4. The highest BCUT2D eigenvalue weighted by atomic mass is 35.5. The molecular weight excluding hydrogens is 231 g/mol. The highest BCUT2D eigenvalue weighted by Gasteiger charge is 2.05. The maximum Gasteiger partial charge on any atom is 0.143 e. The molecule has 0 atom stereocenters. The van der Waals surface area contributed by atoms with Crippen LogP contribution in [0.5, 0.6) is 0 Å². The lowest BCUT2D eigenvalue weighted by Gasteiger charge is -2.00. The van der Waals surface area contributed by atoms with Crippen LogP contribution in [0.15, 0.2) is 24.4 Å². The van der Waals surface area contributed by atoms with Gasteiger partial charge >= 0.3 is 0 Å². The zero-order valence-corrected chi connectivity index (χ0v) is 9.15. The highest BCUT2D eigenvalue weighted by Crippen LogP contribution is 2.17. The van der Waals surface area contributed by atoms with E-state index in [-0.39, 0.29) is 5.02 Å². The SMILES string of the molecule is NCCc1cn(-c2ccc(Cl)c(F)c2)nn1. The molecule has 0 aliphatic rings. The molecule has 0 unspecified atom stereocenters. The van der Waals surface area contributed by atoms with E-state index in [2.05, 4.69) is 10.3 Å². The van der Waals surface area contributed by atoms with Crippen LogP contribution < -0.4 is 5.73 Å². The second kappa shape index (κ2) is 4.59. The molecule has 2 aromatic rings. The Kier molecular flexibility index (Phi) is 3.17. The molecule has 0 aliphatic carbocycles. The molecule has 0 saturated heterocycles. The van der Waals surface area contributed by atoms with Gasteiger partial charge in [-0.05, 0) is 18.7 Å². The summed E-state index contributed by atoms with van der Waals surface area (Å²) in [6.07, 6.45) is 2.37. The van der Waals surface area contributed by atoms with Gasteiger partial charge in [-0.3, -0.25) is 0 Å². The van der Waals surface area contributed by atoms with Crippen molar-refractivity contribution < 1.29 is 4.39 Å². The Morgan fingerprint density at radius 3 is 2.94 bits per heavy atom. The second-order valence-corrected chi connectivity index (χ2v) is 3.70. The Bertz CT molecular complexity index is 497. The number of nitrogens with zero attached hydrogens (tertiary/aromatic N) is 3. The third-order valence-electron chi connectivity index (χ3n) is 2.11. The lowest BCUT2D eigenvalue weighted by molar-refractivity contribution is 0.625. The average Bonchev–Trinajstić information content (AvgIpc) is 2.71. The van der Waals surface area contributed by atoms with E-state index in [4.69, 9.17) is 17.3 Å². The Balaban J connectivity index is 2.31. The molecule has 6 heteroatoms. The number of halogens is 2. The van der Waals surface area contributed by atoms with Gasteiger partial charge in [0, 0.05) is 12.5 Å². The van der Waals surface area contributed by atoms with Crippen molar-refractivity contribution in [2.75, 3.05) is 6.54 Å². The number of hydrogen-bond donors (Lipinski definition) is 1. The minimum atomic E-state index is -0.477. The van der Waals surface area contributed by atoms with E-state index < -0.39 is 5.82 Å². The van der Waals surface area contributed by atoms with E-state index in [1.54, 1.807) is 12.3 Å². The van der Waals surface area contributed by atoms with Crippen molar-refractivity contribution in [3.8, 4) is 5.69 Å². The van der Waals surface area contributed by atoms with Gasteiger partial charge in [0.1, 0.15) is 5.82 Å². The van der Waals surface area contributed by atoms with Crippen LogP contribution in [-0.4, -0.2) is 21.5 Å². The van der Waals surface area contributed by atoms with Gasteiger partial charge in [0.15, 0.2) is 0 Å². The third-order valence-corrected chi connectivity index (χ3v) is 2.42. The molecule has 84 valence electrons. The maximum absolute atomic E-state index is 13.2. The van der Waals surface area contributed by atoms with Crippen molar-refractivity contribution in [1.29, 1.82) is 0 Å². The normalized spacial score (nSPS) is 10.7. The quantitative estimate of drug-likeness (QED) is 0.886. The molecule has 0 aliphatic heterocycles. The average molecular weight is 241 g/mol. The molecule has 2 N–H and O–H groups in total. The molecule has 0 bridgehead atoms. The van der Waals surface area contributed by atoms with Crippen LogP contribution in [0.2, 0.25) is 5.02 Å². The van der Waals surface area contributed by atoms with Crippen LogP contribution in [0.25, 0.3) is 5.69 Å². The standard InChI is InChI=1S/C10H10ClFN4/c11-9-2-1-8(5-10(9)12)16-6-7(3-4-13)14-15-16/h1-2,5-6H,3-4,13H2. The summed E-state index contributed by atoms with van der Waals surface area (Å²) in [6.45, 7) is 0.508. The van der Waals surface area contributed by atoms with Crippen molar-refractivity contribution in [3.63, 3.8) is 0 Å². The van der Waals surface area contributed by atoms with Crippen LogP contribution in [0.1, 0.15) is 5.69 Å². The molecule has 0 saturated carbocycles.